The average Bonchev–Trinajstić information content (AvgIpc) is 2.08. The summed E-state index contributed by atoms with van der Waals surface area (Å²) in [7, 11) is 0. The van der Waals surface area contributed by atoms with E-state index in [-0.39, 0.29) is 45.5 Å². The third kappa shape index (κ3) is 2.29. The molecule has 0 radical (unpaired) electrons. The molecular formula is C6Cl2O4Sr. The summed E-state index contributed by atoms with van der Waals surface area (Å²) >= 11 is 10.2. The Labute approximate surface area is 120 Å². The monoisotopic (exact) mass is 294 g/mol. The van der Waals surface area contributed by atoms with Crippen molar-refractivity contribution in [3.63, 3.8) is 0 Å². The van der Waals surface area contributed by atoms with E-state index in [4.69, 9.17) is 23.2 Å². The number of allylic oxidation sites excluding steroid dienone is 2. The van der Waals surface area contributed by atoms with E-state index in [1.54, 1.807) is 0 Å². The Morgan fingerprint density at radius 2 is 1.08 bits per heavy atom. The number of carbonyl (C=O) groups excluding carboxylic acids is 2. The van der Waals surface area contributed by atoms with Crippen LogP contribution in [0.5, 0.6) is 0 Å². The minimum absolute atomic E-state index is 0. The van der Waals surface area contributed by atoms with E-state index in [1.807, 2.05) is 0 Å². The van der Waals surface area contributed by atoms with Gasteiger partial charge in [0.15, 0.2) is 11.6 Å². The minimum Gasteiger partial charge on any atom is -0.869 e. The predicted molar refractivity (Wildman–Crippen MR) is 41.5 cm³/mol. The number of hydrogen-bond donors (Lipinski definition) is 0. The Morgan fingerprint density at radius 3 is 1.31 bits per heavy atom. The van der Waals surface area contributed by atoms with Gasteiger partial charge in [-0.1, -0.05) is 23.2 Å². The molecule has 0 amide bonds. The van der Waals surface area contributed by atoms with E-state index < -0.39 is 33.1 Å². The van der Waals surface area contributed by atoms with Crippen LogP contribution in [0.4, 0.5) is 0 Å². The zero-order valence-corrected chi connectivity index (χ0v) is 11.1. The van der Waals surface area contributed by atoms with Gasteiger partial charge < -0.3 is 10.2 Å². The zero-order valence-electron chi connectivity index (χ0n) is 6.10. The molecule has 0 fully saturated rings. The van der Waals surface area contributed by atoms with Crippen molar-refractivity contribution < 1.29 is 19.8 Å². The Kier molecular flexibility index (Phi) is 4.99. The molecule has 0 unspecified atom stereocenters. The molecule has 4 nitrogen and oxygen atoms in total. The first-order chi connectivity index (χ1) is 5.46. The minimum atomic E-state index is -1.23. The number of rotatable bonds is 0. The predicted octanol–water partition coefficient (Wildman–Crippen LogP) is -1.62. The van der Waals surface area contributed by atoms with Gasteiger partial charge in [0.05, 0.1) is 10.1 Å². The van der Waals surface area contributed by atoms with Crippen LogP contribution in [0.3, 0.4) is 0 Å². The third-order valence-electron chi connectivity index (χ3n) is 1.21. The van der Waals surface area contributed by atoms with Crippen molar-refractivity contribution >= 4 is 80.3 Å². The molecule has 0 saturated carbocycles. The van der Waals surface area contributed by atoms with Crippen LogP contribution >= 0.6 is 23.2 Å². The number of Topliss-reactive ketones (excluding diaryl/α,β-unsaturated/α-hetero) is 2. The SMILES string of the molecule is O=C1C([O-])=C(Cl)C(=O)C([O-])=C1Cl.[Sr+2]. The Balaban J connectivity index is 0.00000144. The molecule has 13 heavy (non-hydrogen) atoms. The maximum Gasteiger partial charge on any atom is 2.00 e. The fourth-order valence-electron chi connectivity index (χ4n) is 0.605. The van der Waals surface area contributed by atoms with Crippen molar-refractivity contribution in [2.45, 2.75) is 0 Å². The largest absolute Gasteiger partial charge is 2.00 e. The molecule has 7 heteroatoms. The first-order valence-electron chi connectivity index (χ1n) is 2.69. The molecule has 0 heterocycles. The summed E-state index contributed by atoms with van der Waals surface area (Å²) in [5, 5.41) is 19.6. The molecule has 1 aliphatic carbocycles. The number of ketones is 2. The molecule has 0 aromatic rings. The van der Waals surface area contributed by atoms with Crippen molar-refractivity contribution in [3.8, 4) is 0 Å². The Morgan fingerprint density at radius 1 is 0.846 bits per heavy atom. The third-order valence-corrected chi connectivity index (χ3v) is 1.90. The van der Waals surface area contributed by atoms with E-state index in [1.165, 1.54) is 0 Å². The number of halogens is 2. The van der Waals surface area contributed by atoms with Gasteiger partial charge in [-0.15, -0.1) is 0 Å². The molecule has 1 rings (SSSR count). The maximum atomic E-state index is 10.7. The van der Waals surface area contributed by atoms with Gasteiger partial charge in [0.2, 0.25) is 0 Å². The molecule has 0 aliphatic heterocycles. The fraction of sp³-hybridized carbons (Fsp3) is 0. The van der Waals surface area contributed by atoms with Crippen molar-refractivity contribution in [2.75, 3.05) is 0 Å². The van der Waals surface area contributed by atoms with Gasteiger partial charge >= 0.3 is 45.5 Å². The van der Waals surface area contributed by atoms with E-state index in [2.05, 4.69) is 0 Å². The van der Waals surface area contributed by atoms with Crippen LogP contribution in [0.15, 0.2) is 21.6 Å². The summed E-state index contributed by atoms with van der Waals surface area (Å²) in [6.07, 6.45) is 0. The summed E-state index contributed by atoms with van der Waals surface area (Å²) in [6, 6.07) is 0. The van der Waals surface area contributed by atoms with Gasteiger partial charge in [0, 0.05) is 0 Å². The second kappa shape index (κ2) is 4.82. The number of hydrogen-bond acceptors (Lipinski definition) is 4. The second-order valence-electron chi connectivity index (χ2n) is 1.94. The van der Waals surface area contributed by atoms with Crippen molar-refractivity contribution in [1.82, 2.24) is 0 Å². The average molecular weight is 295 g/mol. The molecule has 0 aromatic heterocycles. The molecular weight excluding hydrogens is 295 g/mol. The van der Waals surface area contributed by atoms with Crippen LogP contribution in [0.1, 0.15) is 0 Å². The van der Waals surface area contributed by atoms with E-state index in [0.29, 0.717) is 0 Å². The van der Waals surface area contributed by atoms with Crippen molar-refractivity contribution in [1.29, 1.82) is 0 Å². The van der Waals surface area contributed by atoms with E-state index >= 15 is 0 Å². The van der Waals surface area contributed by atoms with Gasteiger partial charge in [0.25, 0.3) is 0 Å². The zero-order chi connectivity index (χ0) is 9.46. The van der Waals surface area contributed by atoms with Crippen molar-refractivity contribution in [2.24, 2.45) is 0 Å². The smallest absolute Gasteiger partial charge is 0.869 e. The molecule has 1 aliphatic rings. The summed E-state index contributed by atoms with van der Waals surface area (Å²) in [4.78, 5) is 21.4. The second-order valence-corrected chi connectivity index (χ2v) is 2.70. The fourth-order valence-corrected chi connectivity index (χ4v) is 0.948. The van der Waals surface area contributed by atoms with Crippen LogP contribution in [-0.2, 0) is 9.59 Å². The Hall–Kier alpha value is 0.481. The van der Waals surface area contributed by atoms with Gasteiger partial charge in [-0.05, 0) is 11.5 Å². The first-order valence-corrected chi connectivity index (χ1v) is 3.45. The summed E-state index contributed by atoms with van der Waals surface area (Å²) < 4.78 is 0. The summed E-state index contributed by atoms with van der Waals surface area (Å²) in [5.74, 6) is -4.92. The molecule has 0 spiro atoms. The molecule has 0 saturated heterocycles. The van der Waals surface area contributed by atoms with Crippen LogP contribution < -0.4 is 10.2 Å². The maximum absolute atomic E-state index is 10.7. The van der Waals surface area contributed by atoms with Crippen molar-refractivity contribution in [3.05, 3.63) is 21.6 Å². The van der Waals surface area contributed by atoms with Crippen LogP contribution in [-0.4, -0.2) is 57.0 Å². The van der Waals surface area contributed by atoms with Gasteiger partial charge in [0.1, 0.15) is 0 Å². The molecule has 0 N–H and O–H groups in total. The van der Waals surface area contributed by atoms with E-state index in [9.17, 15) is 19.8 Å². The van der Waals surface area contributed by atoms with E-state index in [0.717, 1.165) is 0 Å². The van der Waals surface area contributed by atoms with Crippen LogP contribution in [0, 0.1) is 0 Å². The summed E-state index contributed by atoms with van der Waals surface area (Å²) in [5.41, 5.74) is 0. The Bertz CT molecular complexity index is 283. The van der Waals surface area contributed by atoms with Gasteiger partial charge in [-0.3, -0.25) is 9.59 Å². The van der Waals surface area contributed by atoms with Gasteiger partial charge in [-0.2, -0.15) is 0 Å². The first kappa shape index (κ1) is 13.5. The molecule has 0 bridgehead atoms. The van der Waals surface area contributed by atoms with Crippen LogP contribution in [0.25, 0.3) is 0 Å². The topological polar surface area (TPSA) is 80.3 Å². The normalized spacial score (nSPS) is 17.7. The standard InChI is InChI=1S/C6H2Cl2O4.Sr/c7-1-3(9)5(11)2(8)6(12)4(1)10;/h9,12H;/q;+2/p-2. The molecule has 0 atom stereocenters. The number of carbonyl (C=O) groups is 2. The quantitative estimate of drug-likeness (QED) is 0.397. The summed E-state index contributed by atoms with van der Waals surface area (Å²) in [6.45, 7) is 0. The molecule has 64 valence electrons. The van der Waals surface area contributed by atoms with Crippen LogP contribution in [0.2, 0.25) is 0 Å². The van der Waals surface area contributed by atoms with Gasteiger partial charge in [-0.25, -0.2) is 0 Å². The molecule has 0 aromatic carbocycles.